The van der Waals surface area contributed by atoms with Crippen LogP contribution in [0.3, 0.4) is 0 Å². The summed E-state index contributed by atoms with van der Waals surface area (Å²) in [6.45, 7) is 6.88. The Morgan fingerprint density at radius 3 is 2.52 bits per heavy atom. The number of hydrogen-bond acceptors (Lipinski definition) is 2. The molecule has 5 heteroatoms. The van der Waals surface area contributed by atoms with E-state index in [0.717, 1.165) is 58.1 Å². The zero-order valence-corrected chi connectivity index (χ0v) is 19.1. The molecule has 0 bridgehead atoms. The average molecular weight is 483 g/mol. The van der Waals surface area contributed by atoms with Crippen LogP contribution >= 0.6 is 24.0 Å². The second-order valence-corrected chi connectivity index (χ2v) is 7.55. The first-order valence-corrected chi connectivity index (χ1v) is 10.0. The summed E-state index contributed by atoms with van der Waals surface area (Å²) in [7, 11) is 1.90. The minimum Gasteiger partial charge on any atom is -0.382 e. The van der Waals surface area contributed by atoms with Crippen molar-refractivity contribution in [2.24, 2.45) is 10.4 Å². The van der Waals surface area contributed by atoms with Crippen LogP contribution in [0.5, 0.6) is 0 Å². The molecule has 4 nitrogen and oxygen atoms in total. The molecule has 0 unspecified atom stereocenters. The van der Waals surface area contributed by atoms with Gasteiger partial charge < -0.3 is 15.0 Å². The van der Waals surface area contributed by atoms with Crippen molar-refractivity contribution in [1.29, 1.82) is 0 Å². The fraction of sp³-hybridized carbons (Fsp3) is 0.591. The van der Waals surface area contributed by atoms with Gasteiger partial charge in [-0.05, 0) is 50.0 Å². The minimum atomic E-state index is 0. The number of nitrogens with one attached hydrogen (secondary N) is 1. The fourth-order valence-electron chi connectivity index (χ4n) is 3.66. The van der Waals surface area contributed by atoms with Crippen molar-refractivity contribution in [1.82, 2.24) is 10.2 Å². The van der Waals surface area contributed by atoms with Gasteiger partial charge in [0.15, 0.2) is 5.96 Å². The van der Waals surface area contributed by atoms with Crippen molar-refractivity contribution in [3.05, 3.63) is 41.5 Å². The normalized spacial score (nSPS) is 18.7. The molecule has 1 heterocycles. The second kappa shape index (κ2) is 11.1. The second-order valence-electron chi connectivity index (χ2n) is 7.55. The largest absolute Gasteiger partial charge is 0.382 e. The Morgan fingerprint density at radius 2 is 1.93 bits per heavy atom. The Bertz CT molecular complexity index is 616. The third kappa shape index (κ3) is 6.79. The van der Waals surface area contributed by atoms with Gasteiger partial charge in [0.05, 0.1) is 0 Å². The maximum Gasteiger partial charge on any atom is 0.193 e. The number of ether oxygens (including phenoxy) is 1. The highest BCUT2D eigenvalue weighted by Gasteiger charge is 2.42. The van der Waals surface area contributed by atoms with Crippen LogP contribution in [0, 0.1) is 5.41 Å². The van der Waals surface area contributed by atoms with Crippen molar-refractivity contribution < 1.29 is 4.74 Å². The first-order chi connectivity index (χ1) is 12.7. The van der Waals surface area contributed by atoms with Crippen LogP contribution < -0.4 is 5.32 Å². The molecule has 1 saturated carbocycles. The smallest absolute Gasteiger partial charge is 0.193 e. The molecule has 1 aliphatic carbocycles. The van der Waals surface area contributed by atoms with Gasteiger partial charge in [0.1, 0.15) is 0 Å². The van der Waals surface area contributed by atoms with Crippen molar-refractivity contribution >= 4 is 36.0 Å². The van der Waals surface area contributed by atoms with Gasteiger partial charge in [0, 0.05) is 39.9 Å². The number of guanidine groups is 1. The lowest BCUT2D eigenvalue weighted by atomic mass is 10.0. The number of rotatable bonds is 7. The SMILES string of the molecule is CCOCCC1(CNC(=NC)N2CCC(=Cc3ccccc3)CC2)CC1.I. The van der Waals surface area contributed by atoms with Crippen LogP contribution in [-0.4, -0.2) is 50.8 Å². The highest BCUT2D eigenvalue weighted by atomic mass is 127. The summed E-state index contributed by atoms with van der Waals surface area (Å²) in [6.07, 6.45) is 8.37. The molecule has 0 aromatic heterocycles. The lowest BCUT2D eigenvalue weighted by molar-refractivity contribution is 0.128. The van der Waals surface area contributed by atoms with E-state index in [1.54, 1.807) is 5.57 Å². The minimum absolute atomic E-state index is 0. The molecule has 0 radical (unpaired) electrons. The van der Waals surface area contributed by atoms with Crippen LogP contribution in [0.4, 0.5) is 0 Å². The molecule has 1 aliphatic heterocycles. The van der Waals surface area contributed by atoms with Gasteiger partial charge in [-0.3, -0.25) is 4.99 Å². The van der Waals surface area contributed by atoms with Gasteiger partial charge in [-0.1, -0.05) is 42.0 Å². The van der Waals surface area contributed by atoms with Gasteiger partial charge in [-0.15, -0.1) is 24.0 Å². The van der Waals surface area contributed by atoms with E-state index in [1.165, 1.54) is 18.4 Å². The first-order valence-electron chi connectivity index (χ1n) is 10.0. The van der Waals surface area contributed by atoms with Gasteiger partial charge >= 0.3 is 0 Å². The highest BCUT2D eigenvalue weighted by molar-refractivity contribution is 14.0. The molecule has 1 aromatic rings. The van der Waals surface area contributed by atoms with E-state index in [1.807, 2.05) is 7.05 Å². The quantitative estimate of drug-likeness (QED) is 0.267. The van der Waals surface area contributed by atoms with Crippen LogP contribution in [0.1, 0.15) is 44.6 Å². The van der Waals surface area contributed by atoms with E-state index >= 15 is 0 Å². The fourth-order valence-corrected chi connectivity index (χ4v) is 3.66. The van der Waals surface area contributed by atoms with Crippen molar-refractivity contribution in [3.63, 3.8) is 0 Å². The number of benzene rings is 1. The number of piperidine rings is 1. The van der Waals surface area contributed by atoms with Crippen LogP contribution in [0.15, 0.2) is 40.9 Å². The number of halogens is 1. The molecule has 27 heavy (non-hydrogen) atoms. The summed E-state index contributed by atoms with van der Waals surface area (Å²) in [5.41, 5.74) is 3.29. The van der Waals surface area contributed by atoms with Gasteiger partial charge in [0.25, 0.3) is 0 Å². The summed E-state index contributed by atoms with van der Waals surface area (Å²) in [6, 6.07) is 10.6. The molecule has 0 atom stereocenters. The van der Waals surface area contributed by atoms with Gasteiger partial charge in [-0.2, -0.15) is 0 Å². The molecule has 0 spiro atoms. The van der Waals surface area contributed by atoms with E-state index in [-0.39, 0.29) is 24.0 Å². The van der Waals surface area contributed by atoms with E-state index in [2.05, 4.69) is 58.5 Å². The molecule has 1 aromatic carbocycles. The van der Waals surface area contributed by atoms with Crippen molar-refractivity contribution in [2.45, 2.75) is 39.0 Å². The van der Waals surface area contributed by atoms with Crippen molar-refractivity contribution in [2.75, 3.05) is 39.9 Å². The monoisotopic (exact) mass is 483 g/mol. The van der Waals surface area contributed by atoms with E-state index < -0.39 is 0 Å². The molecule has 2 fully saturated rings. The maximum atomic E-state index is 5.54. The van der Waals surface area contributed by atoms with Crippen LogP contribution in [0.25, 0.3) is 6.08 Å². The lowest BCUT2D eigenvalue weighted by Crippen LogP contribution is -2.46. The maximum absolute atomic E-state index is 5.54. The molecule has 1 N–H and O–H groups in total. The third-order valence-electron chi connectivity index (χ3n) is 5.65. The van der Waals surface area contributed by atoms with E-state index in [9.17, 15) is 0 Å². The zero-order chi connectivity index (χ0) is 18.2. The summed E-state index contributed by atoms with van der Waals surface area (Å²) in [5, 5.41) is 3.63. The van der Waals surface area contributed by atoms with E-state index in [4.69, 9.17) is 4.74 Å². The molecule has 2 aliphatic rings. The summed E-state index contributed by atoms with van der Waals surface area (Å²) >= 11 is 0. The van der Waals surface area contributed by atoms with Gasteiger partial charge in [-0.25, -0.2) is 0 Å². The third-order valence-corrected chi connectivity index (χ3v) is 5.65. The number of hydrogen-bond donors (Lipinski definition) is 1. The van der Waals surface area contributed by atoms with Crippen LogP contribution in [-0.2, 0) is 4.74 Å². The number of aliphatic imine (C=N–C) groups is 1. The Balaban J connectivity index is 0.00000261. The zero-order valence-electron chi connectivity index (χ0n) is 16.7. The molecule has 150 valence electrons. The molecular weight excluding hydrogens is 449 g/mol. The molecule has 3 rings (SSSR count). The molecule has 0 amide bonds. The summed E-state index contributed by atoms with van der Waals surface area (Å²) < 4.78 is 5.54. The Hall–Kier alpha value is -1.08. The number of likely N-dealkylation sites (tertiary alicyclic amines) is 1. The summed E-state index contributed by atoms with van der Waals surface area (Å²) in [5.74, 6) is 1.06. The highest BCUT2D eigenvalue weighted by Crippen LogP contribution is 2.48. The van der Waals surface area contributed by atoms with Crippen LogP contribution in [0.2, 0.25) is 0 Å². The Labute approximate surface area is 181 Å². The number of nitrogens with zero attached hydrogens (tertiary/aromatic N) is 2. The van der Waals surface area contributed by atoms with E-state index in [0.29, 0.717) is 5.41 Å². The average Bonchev–Trinajstić information content (AvgIpc) is 3.45. The molecular formula is C22H34IN3O. The predicted molar refractivity (Wildman–Crippen MR) is 125 cm³/mol. The summed E-state index contributed by atoms with van der Waals surface area (Å²) in [4.78, 5) is 6.93. The Kier molecular flexibility index (Phi) is 9.09. The topological polar surface area (TPSA) is 36.9 Å². The van der Waals surface area contributed by atoms with Gasteiger partial charge in [0.2, 0.25) is 0 Å². The lowest BCUT2D eigenvalue weighted by Gasteiger charge is -2.32. The standard InChI is InChI=1S/C22H33N3O.HI/c1-3-26-16-13-22(11-12-22)18-24-21(23-2)25-14-9-20(10-15-25)17-19-7-5-4-6-8-19;/h4-8,17H,3,9-16,18H2,1-2H3,(H,23,24);1H. The Morgan fingerprint density at radius 1 is 1.22 bits per heavy atom. The van der Waals surface area contributed by atoms with Crippen molar-refractivity contribution in [3.8, 4) is 0 Å². The first kappa shape index (κ1) is 22.2. The molecule has 1 saturated heterocycles. The predicted octanol–water partition coefficient (Wildman–Crippen LogP) is 4.57.